The number of carbonyl (C=O) groups excluding carboxylic acids is 2. The van der Waals surface area contributed by atoms with E-state index in [4.69, 9.17) is 5.73 Å². The van der Waals surface area contributed by atoms with Gasteiger partial charge in [0.1, 0.15) is 5.82 Å². The van der Waals surface area contributed by atoms with Gasteiger partial charge in [0.25, 0.3) is 0 Å². The maximum absolute atomic E-state index is 13.7. The van der Waals surface area contributed by atoms with Crippen LogP contribution in [0.2, 0.25) is 0 Å². The first-order valence-corrected chi connectivity index (χ1v) is 6.35. The Morgan fingerprint density at radius 1 is 1.20 bits per heavy atom. The molecule has 20 heavy (non-hydrogen) atoms. The van der Waals surface area contributed by atoms with E-state index in [2.05, 4.69) is 10.6 Å². The Bertz CT molecular complexity index is 489. The topological polar surface area (TPSA) is 84.2 Å². The van der Waals surface area contributed by atoms with Gasteiger partial charge in [0.05, 0.1) is 13.1 Å². The number of nitrogens with one attached hydrogen (secondary N) is 2. The molecule has 4 N–H and O–H groups in total. The molecule has 0 bridgehead atoms. The average molecular weight is 281 g/mol. The van der Waals surface area contributed by atoms with Crippen molar-refractivity contribution in [3.8, 4) is 0 Å². The van der Waals surface area contributed by atoms with Gasteiger partial charge >= 0.3 is 0 Å². The molecule has 0 aliphatic carbocycles. The van der Waals surface area contributed by atoms with E-state index in [0.717, 1.165) is 0 Å². The van der Waals surface area contributed by atoms with Crippen molar-refractivity contribution in [2.45, 2.75) is 19.3 Å². The number of hydrogen-bond donors (Lipinski definition) is 3. The summed E-state index contributed by atoms with van der Waals surface area (Å²) < 4.78 is 13.7. The second-order valence-corrected chi connectivity index (χ2v) is 5.12. The van der Waals surface area contributed by atoms with Gasteiger partial charge in [-0.2, -0.15) is 0 Å². The van der Waals surface area contributed by atoms with Crippen molar-refractivity contribution >= 4 is 11.8 Å². The van der Waals surface area contributed by atoms with E-state index >= 15 is 0 Å². The molecule has 0 fully saturated rings. The largest absolute Gasteiger partial charge is 0.354 e. The van der Waals surface area contributed by atoms with Crippen LogP contribution in [-0.2, 0) is 15.0 Å². The van der Waals surface area contributed by atoms with Gasteiger partial charge < -0.3 is 16.4 Å². The minimum Gasteiger partial charge on any atom is -0.354 e. The van der Waals surface area contributed by atoms with E-state index in [-0.39, 0.29) is 31.4 Å². The predicted octanol–water partition coefficient (Wildman–Crippen LogP) is 0.294. The molecule has 0 saturated heterocycles. The minimum atomic E-state index is -0.543. The lowest BCUT2D eigenvalue weighted by Gasteiger charge is -2.26. The summed E-state index contributed by atoms with van der Waals surface area (Å²) in [5, 5.41) is 5.04. The van der Waals surface area contributed by atoms with Gasteiger partial charge in [-0.05, 0) is 11.6 Å². The van der Waals surface area contributed by atoms with Crippen LogP contribution in [0.1, 0.15) is 19.4 Å². The standard InChI is InChI=1S/C14H20FN3O2/c1-14(2,10-5-3-4-6-11(10)15)9-18-13(20)8-17-12(19)7-16/h3-6H,7-9,16H2,1-2H3,(H,17,19)(H,18,20). The molecule has 0 unspecified atom stereocenters. The third-order valence-electron chi connectivity index (χ3n) is 2.96. The Kier molecular flexibility index (Phi) is 5.64. The fourth-order valence-corrected chi connectivity index (χ4v) is 1.74. The van der Waals surface area contributed by atoms with Crippen LogP contribution in [-0.4, -0.2) is 31.4 Å². The van der Waals surface area contributed by atoms with Crippen molar-refractivity contribution in [1.82, 2.24) is 10.6 Å². The number of benzene rings is 1. The second-order valence-electron chi connectivity index (χ2n) is 5.12. The Labute approximate surface area is 117 Å². The molecule has 110 valence electrons. The smallest absolute Gasteiger partial charge is 0.239 e. The molecule has 1 aromatic carbocycles. The van der Waals surface area contributed by atoms with Gasteiger partial charge in [0, 0.05) is 12.0 Å². The molecule has 1 aromatic rings. The molecular weight excluding hydrogens is 261 g/mol. The molecule has 0 aromatic heterocycles. The van der Waals surface area contributed by atoms with Gasteiger partial charge in [-0.15, -0.1) is 0 Å². The summed E-state index contributed by atoms with van der Waals surface area (Å²) >= 11 is 0. The van der Waals surface area contributed by atoms with E-state index in [1.807, 2.05) is 13.8 Å². The third-order valence-corrected chi connectivity index (χ3v) is 2.96. The molecule has 6 heteroatoms. The summed E-state index contributed by atoms with van der Waals surface area (Å²) in [6, 6.07) is 6.46. The third kappa shape index (κ3) is 4.62. The normalized spacial score (nSPS) is 11.0. The average Bonchev–Trinajstić information content (AvgIpc) is 2.42. The summed E-state index contributed by atoms with van der Waals surface area (Å²) in [7, 11) is 0. The van der Waals surface area contributed by atoms with Crippen LogP contribution in [0.3, 0.4) is 0 Å². The first-order valence-electron chi connectivity index (χ1n) is 6.35. The Morgan fingerprint density at radius 3 is 2.45 bits per heavy atom. The Balaban J connectivity index is 2.53. The van der Waals surface area contributed by atoms with Crippen molar-refractivity contribution < 1.29 is 14.0 Å². The number of nitrogens with two attached hydrogens (primary N) is 1. The minimum absolute atomic E-state index is 0.136. The van der Waals surface area contributed by atoms with E-state index < -0.39 is 11.3 Å². The first-order chi connectivity index (χ1) is 9.36. The summed E-state index contributed by atoms with van der Waals surface area (Å²) in [6.45, 7) is 3.65. The predicted molar refractivity (Wildman–Crippen MR) is 74.5 cm³/mol. The van der Waals surface area contributed by atoms with Crippen LogP contribution in [0.4, 0.5) is 4.39 Å². The molecule has 0 radical (unpaired) electrons. The van der Waals surface area contributed by atoms with Crippen LogP contribution >= 0.6 is 0 Å². The van der Waals surface area contributed by atoms with Crippen molar-refractivity contribution in [3.05, 3.63) is 35.6 Å². The highest BCUT2D eigenvalue weighted by atomic mass is 19.1. The molecule has 0 aliphatic heterocycles. The SMILES string of the molecule is CC(C)(CNC(=O)CNC(=O)CN)c1ccccc1F. The molecule has 0 atom stereocenters. The number of rotatable bonds is 6. The highest BCUT2D eigenvalue weighted by Gasteiger charge is 2.24. The molecular formula is C14H20FN3O2. The van der Waals surface area contributed by atoms with Crippen molar-refractivity contribution in [3.63, 3.8) is 0 Å². The summed E-state index contributed by atoms with van der Waals surface area (Å²) in [6.07, 6.45) is 0. The fraction of sp³-hybridized carbons (Fsp3) is 0.429. The summed E-state index contributed by atoms with van der Waals surface area (Å²) in [5.74, 6) is -1.03. The summed E-state index contributed by atoms with van der Waals surface area (Å²) in [5.41, 5.74) is 5.10. The van der Waals surface area contributed by atoms with Crippen molar-refractivity contribution in [1.29, 1.82) is 0 Å². The molecule has 2 amide bonds. The van der Waals surface area contributed by atoms with Crippen LogP contribution in [0, 0.1) is 5.82 Å². The zero-order valence-corrected chi connectivity index (χ0v) is 11.7. The molecule has 0 saturated carbocycles. The molecule has 5 nitrogen and oxygen atoms in total. The quantitative estimate of drug-likeness (QED) is 0.701. The van der Waals surface area contributed by atoms with E-state index in [9.17, 15) is 14.0 Å². The Morgan fingerprint density at radius 2 is 1.85 bits per heavy atom. The monoisotopic (exact) mass is 281 g/mol. The van der Waals surface area contributed by atoms with E-state index in [1.54, 1.807) is 18.2 Å². The highest BCUT2D eigenvalue weighted by molar-refractivity contribution is 5.85. The number of hydrogen-bond acceptors (Lipinski definition) is 3. The Hall–Kier alpha value is -1.95. The van der Waals surface area contributed by atoms with Crippen molar-refractivity contribution in [2.24, 2.45) is 5.73 Å². The van der Waals surface area contributed by atoms with E-state index in [1.165, 1.54) is 6.07 Å². The number of halogens is 1. The molecule has 0 heterocycles. The maximum Gasteiger partial charge on any atom is 0.239 e. The van der Waals surface area contributed by atoms with Gasteiger partial charge in [-0.3, -0.25) is 9.59 Å². The number of carbonyl (C=O) groups is 2. The van der Waals surface area contributed by atoms with Crippen LogP contribution in [0.5, 0.6) is 0 Å². The van der Waals surface area contributed by atoms with Gasteiger partial charge in [0.15, 0.2) is 0 Å². The van der Waals surface area contributed by atoms with E-state index in [0.29, 0.717) is 5.56 Å². The first kappa shape index (κ1) is 16.1. The molecule has 1 rings (SSSR count). The van der Waals surface area contributed by atoms with Crippen molar-refractivity contribution in [2.75, 3.05) is 19.6 Å². The van der Waals surface area contributed by atoms with Gasteiger partial charge in [-0.25, -0.2) is 4.39 Å². The lowest BCUT2D eigenvalue weighted by Crippen LogP contribution is -2.43. The molecule has 0 spiro atoms. The maximum atomic E-state index is 13.7. The molecule has 0 aliphatic rings. The fourth-order valence-electron chi connectivity index (χ4n) is 1.74. The van der Waals surface area contributed by atoms with Crippen LogP contribution in [0.15, 0.2) is 24.3 Å². The zero-order valence-electron chi connectivity index (χ0n) is 11.7. The van der Waals surface area contributed by atoms with Crippen LogP contribution in [0.25, 0.3) is 0 Å². The van der Waals surface area contributed by atoms with Crippen LogP contribution < -0.4 is 16.4 Å². The second kappa shape index (κ2) is 7.00. The lowest BCUT2D eigenvalue weighted by molar-refractivity contribution is -0.125. The zero-order chi connectivity index (χ0) is 15.2. The van der Waals surface area contributed by atoms with Gasteiger partial charge in [-0.1, -0.05) is 32.0 Å². The highest BCUT2D eigenvalue weighted by Crippen LogP contribution is 2.24. The van der Waals surface area contributed by atoms with Gasteiger partial charge in [0.2, 0.25) is 11.8 Å². The number of amides is 2. The lowest BCUT2D eigenvalue weighted by atomic mass is 9.84. The summed E-state index contributed by atoms with van der Waals surface area (Å²) in [4.78, 5) is 22.5.